The minimum Gasteiger partial charge on any atom is -0.505 e. The van der Waals surface area contributed by atoms with Gasteiger partial charge in [-0.1, -0.05) is 0 Å². The van der Waals surface area contributed by atoms with Gasteiger partial charge in [0.15, 0.2) is 11.6 Å². The molecule has 2 fully saturated rings. The zero-order valence-corrected chi connectivity index (χ0v) is 12.7. The molecule has 6 nitrogen and oxygen atoms in total. The second-order valence-electron chi connectivity index (χ2n) is 5.99. The van der Waals surface area contributed by atoms with Gasteiger partial charge in [0, 0.05) is 0 Å². The van der Waals surface area contributed by atoms with Gasteiger partial charge in [-0.05, 0) is 33.8 Å². The van der Waals surface area contributed by atoms with Gasteiger partial charge in [0.1, 0.15) is 24.4 Å². The maximum atomic E-state index is 10.5. The Hall–Kier alpha value is -0.660. The third-order valence-electron chi connectivity index (χ3n) is 3.32. The topological polar surface area (TPSA) is 66.4 Å². The van der Waals surface area contributed by atoms with Gasteiger partial charge in [-0.2, -0.15) is 0 Å². The van der Waals surface area contributed by atoms with E-state index in [4.69, 9.17) is 23.7 Å². The minimum atomic E-state index is -0.843. The zero-order valence-electron chi connectivity index (χ0n) is 12.7. The van der Waals surface area contributed by atoms with Crippen molar-refractivity contribution in [2.24, 2.45) is 0 Å². The van der Waals surface area contributed by atoms with Gasteiger partial charge in [-0.3, -0.25) is 0 Å². The van der Waals surface area contributed by atoms with E-state index in [1.54, 1.807) is 13.2 Å². The molecule has 0 spiro atoms. The molecule has 0 bridgehead atoms. The van der Waals surface area contributed by atoms with Crippen LogP contribution < -0.4 is 0 Å². The number of aliphatic hydroxyl groups excluding tert-OH is 1. The van der Waals surface area contributed by atoms with Crippen LogP contribution in [0.2, 0.25) is 0 Å². The first kappa shape index (κ1) is 15.7. The minimum absolute atomic E-state index is 0.329. The first-order chi connectivity index (χ1) is 9.24. The van der Waals surface area contributed by atoms with Crippen LogP contribution in [0.4, 0.5) is 0 Å². The molecular formula is C14H24O6. The van der Waals surface area contributed by atoms with Gasteiger partial charge in [0.05, 0.1) is 20.0 Å². The first-order valence-corrected chi connectivity index (χ1v) is 6.79. The zero-order chi connectivity index (χ0) is 15.0. The van der Waals surface area contributed by atoms with Gasteiger partial charge >= 0.3 is 0 Å². The predicted octanol–water partition coefficient (Wildman–Crippen LogP) is 1.18. The van der Waals surface area contributed by atoms with Crippen LogP contribution in [0, 0.1) is 0 Å². The molecule has 2 heterocycles. The maximum absolute atomic E-state index is 10.5. The van der Waals surface area contributed by atoms with Crippen molar-refractivity contribution in [3.8, 4) is 0 Å². The van der Waals surface area contributed by atoms with E-state index in [-0.39, 0.29) is 0 Å². The molecule has 2 aliphatic heterocycles. The fourth-order valence-corrected chi connectivity index (χ4v) is 2.48. The summed E-state index contributed by atoms with van der Waals surface area (Å²) in [4.78, 5) is 0. The van der Waals surface area contributed by atoms with E-state index in [1.807, 2.05) is 27.7 Å². The van der Waals surface area contributed by atoms with Crippen molar-refractivity contribution in [3.63, 3.8) is 0 Å². The van der Waals surface area contributed by atoms with Crippen molar-refractivity contribution in [3.05, 3.63) is 12.3 Å². The third-order valence-corrected chi connectivity index (χ3v) is 3.32. The van der Waals surface area contributed by atoms with Crippen molar-refractivity contribution in [2.45, 2.75) is 63.7 Å². The molecule has 0 radical (unpaired) electrons. The van der Waals surface area contributed by atoms with Crippen LogP contribution in [0.25, 0.3) is 0 Å². The molecule has 0 unspecified atom stereocenters. The van der Waals surface area contributed by atoms with E-state index >= 15 is 0 Å². The monoisotopic (exact) mass is 288 g/mol. The Balaban J connectivity index is 2.06. The van der Waals surface area contributed by atoms with E-state index in [1.165, 1.54) is 6.26 Å². The summed E-state index contributed by atoms with van der Waals surface area (Å²) < 4.78 is 27.6. The smallest absolute Gasteiger partial charge is 0.164 e. The van der Waals surface area contributed by atoms with Crippen LogP contribution in [0.3, 0.4) is 0 Å². The highest BCUT2D eigenvalue weighted by Crippen LogP contribution is 2.34. The summed E-state index contributed by atoms with van der Waals surface area (Å²) in [6.07, 6.45) is 1.04. The normalized spacial score (nSPS) is 37.4. The van der Waals surface area contributed by atoms with Crippen LogP contribution in [-0.4, -0.2) is 54.8 Å². The lowest BCUT2D eigenvalue weighted by molar-refractivity contribution is -0.178. The van der Waals surface area contributed by atoms with E-state index in [0.29, 0.717) is 6.61 Å². The molecule has 0 saturated carbocycles. The van der Waals surface area contributed by atoms with Crippen molar-refractivity contribution < 1.29 is 28.8 Å². The predicted molar refractivity (Wildman–Crippen MR) is 70.9 cm³/mol. The van der Waals surface area contributed by atoms with Gasteiger partial charge in [-0.15, -0.1) is 0 Å². The van der Waals surface area contributed by atoms with Gasteiger partial charge in [0.25, 0.3) is 0 Å². The quantitative estimate of drug-likeness (QED) is 0.784. The van der Waals surface area contributed by atoms with E-state index < -0.39 is 36.0 Å². The van der Waals surface area contributed by atoms with Gasteiger partial charge < -0.3 is 28.8 Å². The molecular weight excluding hydrogens is 264 g/mol. The standard InChI is InChI=1S/C14H24O6/c1-13(2)17-8-10(19-13)11(15)12-9(6-7-16-5)18-14(3,4)20-12/h6-7,9-12,15H,8H2,1-5H3/b7-6+/t9-,10-,11-,12-/m0/s1. The largest absolute Gasteiger partial charge is 0.505 e. The summed E-state index contributed by atoms with van der Waals surface area (Å²) >= 11 is 0. The highest BCUT2D eigenvalue weighted by Gasteiger charge is 2.49. The number of methoxy groups -OCH3 is 1. The van der Waals surface area contributed by atoms with Gasteiger partial charge in [0.2, 0.25) is 0 Å². The molecule has 4 atom stereocenters. The second kappa shape index (κ2) is 5.61. The van der Waals surface area contributed by atoms with E-state index in [9.17, 15) is 5.11 Å². The van der Waals surface area contributed by atoms with Crippen LogP contribution in [0.1, 0.15) is 27.7 Å². The van der Waals surface area contributed by atoms with Crippen molar-refractivity contribution in [2.75, 3.05) is 13.7 Å². The second-order valence-corrected chi connectivity index (χ2v) is 5.99. The van der Waals surface area contributed by atoms with Crippen LogP contribution in [0.15, 0.2) is 12.3 Å². The Morgan fingerprint density at radius 2 is 1.85 bits per heavy atom. The average molecular weight is 288 g/mol. The molecule has 0 amide bonds. The van der Waals surface area contributed by atoms with E-state index in [2.05, 4.69) is 0 Å². The summed E-state index contributed by atoms with van der Waals surface area (Å²) in [5.41, 5.74) is 0. The number of aliphatic hydroxyl groups is 1. The molecule has 0 aromatic rings. The van der Waals surface area contributed by atoms with Crippen molar-refractivity contribution >= 4 is 0 Å². The Morgan fingerprint density at radius 1 is 1.15 bits per heavy atom. The molecule has 0 aromatic heterocycles. The SMILES string of the molecule is CO/C=C/[C@@H]1OC(C)(C)O[C@@H]1[C@@H](O)[C@@H]1COC(C)(C)O1. The molecule has 116 valence electrons. The van der Waals surface area contributed by atoms with Crippen LogP contribution in [0.5, 0.6) is 0 Å². The third kappa shape index (κ3) is 3.51. The van der Waals surface area contributed by atoms with Crippen LogP contribution >= 0.6 is 0 Å². The Labute approximate surface area is 119 Å². The molecule has 6 heteroatoms. The fourth-order valence-electron chi connectivity index (χ4n) is 2.48. The molecule has 2 rings (SSSR count). The summed E-state index contributed by atoms with van der Waals surface area (Å²) in [6, 6.07) is 0. The number of ether oxygens (including phenoxy) is 5. The molecule has 0 aliphatic carbocycles. The van der Waals surface area contributed by atoms with Crippen LogP contribution in [-0.2, 0) is 23.7 Å². The lowest BCUT2D eigenvalue weighted by atomic mass is 10.0. The molecule has 2 aliphatic rings. The Bertz CT molecular complexity index is 365. The number of hydrogen-bond donors (Lipinski definition) is 1. The van der Waals surface area contributed by atoms with Crippen molar-refractivity contribution in [1.82, 2.24) is 0 Å². The molecule has 2 saturated heterocycles. The average Bonchev–Trinajstić information content (AvgIpc) is 2.85. The highest BCUT2D eigenvalue weighted by molar-refractivity contribution is 5.00. The molecule has 0 aromatic carbocycles. The number of rotatable bonds is 4. The first-order valence-electron chi connectivity index (χ1n) is 6.79. The lowest BCUT2D eigenvalue weighted by Gasteiger charge is -2.26. The summed E-state index contributed by atoms with van der Waals surface area (Å²) in [5.74, 6) is -1.44. The van der Waals surface area contributed by atoms with Crippen molar-refractivity contribution in [1.29, 1.82) is 0 Å². The summed E-state index contributed by atoms with van der Waals surface area (Å²) in [6.45, 7) is 7.58. The molecule has 20 heavy (non-hydrogen) atoms. The molecule has 1 N–H and O–H groups in total. The maximum Gasteiger partial charge on any atom is 0.164 e. The Kier molecular flexibility index (Phi) is 4.41. The summed E-state index contributed by atoms with van der Waals surface area (Å²) in [5, 5.41) is 10.5. The highest BCUT2D eigenvalue weighted by atomic mass is 16.8. The van der Waals surface area contributed by atoms with E-state index in [0.717, 1.165) is 0 Å². The fraction of sp³-hybridized carbons (Fsp3) is 0.857. The number of hydrogen-bond acceptors (Lipinski definition) is 6. The summed E-state index contributed by atoms with van der Waals surface area (Å²) in [7, 11) is 1.55. The van der Waals surface area contributed by atoms with Gasteiger partial charge in [-0.25, -0.2) is 0 Å². The Morgan fingerprint density at radius 3 is 2.40 bits per heavy atom. The lowest BCUT2D eigenvalue weighted by Crippen LogP contribution is -2.44.